The number of rotatable bonds is 6. The second-order valence-corrected chi connectivity index (χ2v) is 6.04. The van der Waals surface area contributed by atoms with Gasteiger partial charge in [0, 0.05) is 39.0 Å². The molecule has 0 aromatic carbocycles. The van der Waals surface area contributed by atoms with Crippen molar-refractivity contribution >= 4 is 11.9 Å². The molecular weight excluding hydrogens is 244 g/mol. The van der Waals surface area contributed by atoms with Gasteiger partial charge in [-0.3, -0.25) is 9.59 Å². The number of amides is 1. The highest BCUT2D eigenvalue weighted by atomic mass is 16.4. The number of nitrogens with zero attached hydrogens (tertiary/aromatic N) is 1. The molecule has 0 bridgehead atoms. The Balaban J connectivity index is 2.55. The van der Waals surface area contributed by atoms with E-state index in [1.807, 2.05) is 0 Å². The lowest BCUT2D eigenvalue weighted by Crippen LogP contribution is -2.51. The highest BCUT2D eigenvalue weighted by molar-refractivity contribution is 5.73. The van der Waals surface area contributed by atoms with Crippen LogP contribution in [-0.2, 0) is 9.59 Å². The van der Waals surface area contributed by atoms with Gasteiger partial charge in [-0.2, -0.15) is 0 Å². The first-order valence-electron chi connectivity index (χ1n) is 7.08. The van der Waals surface area contributed by atoms with Crippen molar-refractivity contribution in [1.29, 1.82) is 0 Å². The second-order valence-electron chi connectivity index (χ2n) is 6.04. The van der Waals surface area contributed by atoms with Crippen molar-refractivity contribution in [3.05, 3.63) is 0 Å². The van der Waals surface area contributed by atoms with Gasteiger partial charge in [-0.15, -0.1) is 0 Å². The van der Waals surface area contributed by atoms with Crippen LogP contribution in [0.4, 0.5) is 0 Å². The summed E-state index contributed by atoms with van der Waals surface area (Å²) < 4.78 is 0. The second kappa shape index (κ2) is 7.48. The smallest absolute Gasteiger partial charge is 0.303 e. The number of carboxylic acid groups (broad SMARTS) is 1. The maximum atomic E-state index is 11.2. The molecule has 19 heavy (non-hydrogen) atoms. The molecule has 0 aromatic heterocycles. The van der Waals surface area contributed by atoms with Crippen LogP contribution in [0.1, 0.15) is 40.0 Å². The van der Waals surface area contributed by atoms with Crippen LogP contribution >= 0.6 is 0 Å². The molecule has 5 nitrogen and oxygen atoms in total. The molecule has 1 heterocycles. The number of piperidine rings is 1. The number of carboxylic acids is 1. The molecule has 110 valence electrons. The van der Waals surface area contributed by atoms with E-state index in [0.717, 1.165) is 26.1 Å². The van der Waals surface area contributed by atoms with E-state index in [9.17, 15) is 9.59 Å². The summed E-state index contributed by atoms with van der Waals surface area (Å²) in [5.41, 5.74) is 0. The number of nitrogens with one attached hydrogen (secondary N) is 1. The van der Waals surface area contributed by atoms with Crippen molar-refractivity contribution in [2.24, 2.45) is 11.8 Å². The molecule has 1 saturated heterocycles. The molecule has 0 aromatic rings. The Morgan fingerprint density at radius 3 is 2.58 bits per heavy atom. The van der Waals surface area contributed by atoms with Gasteiger partial charge >= 0.3 is 5.97 Å². The molecule has 0 spiro atoms. The van der Waals surface area contributed by atoms with E-state index in [1.54, 1.807) is 0 Å². The highest BCUT2D eigenvalue weighted by Gasteiger charge is 2.28. The van der Waals surface area contributed by atoms with Gasteiger partial charge < -0.3 is 15.3 Å². The van der Waals surface area contributed by atoms with Crippen LogP contribution in [0.2, 0.25) is 0 Å². The zero-order valence-electron chi connectivity index (χ0n) is 12.2. The van der Waals surface area contributed by atoms with Gasteiger partial charge in [-0.25, -0.2) is 0 Å². The fourth-order valence-corrected chi connectivity index (χ4v) is 2.90. The molecule has 1 aliphatic rings. The minimum atomic E-state index is -0.739. The molecule has 0 aliphatic carbocycles. The van der Waals surface area contributed by atoms with Crippen molar-refractivity contribution < 1.29 is 14.7 Å². The van der Waals surface area contributed by atoms with E-state index < -0.39 is 5.97 Å². The van der Waals surface area contributed by atoms with Crippen molar-refractivity contribution in [2.75, 3.05) is 19.6 Å². The summed E-state index contributed by atoms with van der Waals surface area (Å²) in [6, 6.07) is 0.156. The molecule has 2 unspecified atom stereocenters. The zero-order valence-corrected chi connectivity index (χ0v) is 12.2. The van der Waals surface area contributed by atoms with Gasteiger partial charge in [0.1, 0.15) is 0 Å². The van der Waals surface area contributed by atoms with Gasteiger partial charge in [0.2, 0.25) is 5.91 Å². The van der Waals surface area contributed by atoms with Crippen molar-refractivity contribution in [3.8, 4) is 0 Å². The fraction of sp³-hybridized carbons (Fsp3) is 0.857. The normalized spacial score (nSPS) is 24.4. The molecule has 0 saturated carbocycles. The first-order valence-corrected chi connectivity index (χ1v) is 7.08. The number of likely N-dealkylation sites (tertiary alicyclic amines) is 1. The average molecular weight is 270 g/mol. The van der Waals surface area contributed by atoms with Crippen LogP contribution in [-0.4, -0.2) is 47.6 Å². The Labute approximate surface area is 115 Å². The Morgan fingerprint density at radius 1 is 1.37 bits per heavy atom. The standard InChI is InChI=1S/C14H26N2O3/c1-10(2)7-16-8-12(4-5-14(18)19)6-13(9-16)15-11(3)17/h10,12-13H,4-9H2,1-3H3,(H,15,17)(H,18,19). The van der Waals surface area contributed by atoms with Gasteiger partial charge in [-0.1, -0.05) is 13.8 Å². The maximum absolute atomic E-state index is 11.2. The Bertz CT molecular complexity index is 318. The minimum Gasteiger partial charge on any atom is -0.481 e. The lowest BCUT2D eigenvalue weighted by Gasteiger charge is -2.38. The Kier molecular flexibility index (Phi) is 6.28. The van der Waals surface area contributed by atoms with Crippen molar-refractivity contribution in [1.82, 2.24) is 10.2 Å². The monoisotopic (exact) mass is 270 g/mol. The third-order valence-electron chi connectivity index (χ3n) is 3.41. The SMILES string of the molecule is CC(=O)NC1CC(CCC(=O)O)CN(CC(C)C)C1. The predicted octanol–water partition coefficient (Wildman–Crippen LogP) is 1.33. The summed E-state index contributed by atoms with van der Waals surface area (Å²) >= 11 is 0. The average Bonchev–Trinajstić information content (AvgIpc) is 2.24. The predicted molar refractivity (Wildman–Crippen MR) is 73.9 cm³/mol. The van der Waals surface area contributed by atoms with E-state index in [0.29, 0.717) is 18.3 Å². The molecule has 2 N–H and O–H groups in total. The third-order valence-corrected chi connectivity index (χ3v) is 3.41. The van der Waals surface area contributed by atoms with Gasteiger partial charge in [0.05, 0.1) is 0 Å². The van der Waals surface area contributed by atoms with Gasteiger partial charge in [-0.05, 0) is 24.7 Å². The number of hydrogen-bond acceptors (Lipinski definition) is 3. The van der Waals surface area contributed by atoms with E-state index in [4.69, 9.17) is 5.11 Å². The van der Waals surface area contributed by atoms with Crippen LogP contribution in [0.3, 0.4) is 0 Å². The van der Waals surface area contributed by atoms with Crippen LogP contribution in [0, 0.1) is 11.8 Å². The summed E-state index contributed by atoms with van der Waals surface area (Å²) in [4.78, 5) is 24.2. The van der Waals surface area contributed by atoms with Gasteiger partial charge in [0.15, 0.2) is 0 Å². The molecule has 0 radical (unpaired) electrons. The first kappa shape index (κ1) is 16.0. The quantitative estimate of drug-likeness (QED) is 0.764. The zero-order chi connectivity index (χ0) is 14.4. The minimum absolute atomic E-state index is 0.00613. The molecular formula is C14H26N2O3. The molecule has 1 fully saturated rings. The summed E-state index contributed by atoms with van der Waals surface area (Å²) in [6.07, 6.45) is 1.80. The first-order chi connectivity index (χ1) is 8.86. The summed E-state index contributed by atoms with van der Waals surface area (Å²) in [6.45, 7) is 8.71. The molecule has 1 rings (SSSR count). The summed E-state index contributed by atoms with van der Waals surface area (Å²) in [5.74, 6) is 0.196. The number of carbonyl (C=O) groups excluding carboxylic acids is 1. The van der Waals surface area contributed by atoms with Crippen LogP contribution in [0.5, 0.6) is 0 Å². The van der Waals surface area contributed by atoms with E-state index in [2.05, 4.69) is 24.1 Å². The topological polar surface area (TPSA) is 69.6 Å². The highest BCUT2D eigenvalue weighted by Crippen LogP contribution is 2.22. The van der Waals surface area contributed by atoms with E-state index in [1.165, 1.54) is 6.92 Å². The summed E-state index contributed by atoms with van der Waals surface area (Å²) in [5, 5.41) is 11.8. The van der Waals surface area contributed by atoms with E-state index >= 15 is 0 Å². The molecule has 2 atom stereocenters. The van der Waals surface area contributed by atoms with Crippen LogP contribution < -0.4 is 5.32 Å². The molecule has 1 amide bonds. The third kappa shape index (κ3) is 6.57. The van der Waals surface area contributed by atoms with Gasteiger partial charge in [0.25, 0.3) is 0 Å². The lowest BCUT2D eigenvalue weighted by atomic mass is 9.90. The summed E-state index contributed by atoms with van der Waals surface area (Å²) in [7, 11) is 0. The Hall–Kier alpha value is -1.10. The number of aliphatic carboxylic acids is 1. The van der Waals surface area contributed by atoms with Crippen LogP contribution in [0.15, 0.2) is 0 Å². The number of carbonyl (C=O) groups is 2. The van der Waals surface area contributed by atoms with Crippen molar-refractivity contribution in [2.45, 2.75) is 46.1 Å². The molecule has 1 aliphatic heterocycles. The maximum Gasteiger partial charge on any atom is 0.303 e. The fourth-order valence-electron chi connectivity index (χ4n) is 2.90. The van der Waals surface area contributed by atoms with Crippen molar-refractivity contribution in [3.63, 3.8) is 0 Å². The number of hydrogen-bond donors (Lipinski definition) is 2. The van der Waals surface area contributed by atoms with E-state index in [-0.39, 0.29) is 18.4 Å². The lowest BCUT2D eigenvalue weighted by molar-refractivity contribution is -0.137. The molecule has 5 heteroatoms. The largest absolute Gasteiger partial charge is 0.481 e. The Morgan fingerprint density at radius 2 is 2.05 bits per heavy atom. The van der Waals surface area contributed by atoms with Crippen LogP contribution in [0.25, 0.3) is 0 Å².